The van der Waals surface area contributed by atoms with Crippen molar-refractivity contribution in [2.24, 2.45) is 0 Å². The van der Waals surface area contributed by atoms with E-state index in [2.05, 4.69) is 10.2 Å². The summed E-state index contributed by atoms with van der Waals surface area (Å²) in [6, 6.07) is 14.9. The van der Waals surface area contributed by atoms with Gasteiger partial charge in [-0.3, -0.25) is 9.89 Å². The standard InChI is InChI=1S/C23H25N3O5/c1-28-16-10-8-14(9-11-16)22-19-20(15-6-5-7-17(12-15)29-2)24-25-21(19)23(27)26(22)13-18(30-3)31-4/h5-12,18,22H,13H2,1-4H3,(H,24,25). The Morgan fingerprint density at radius 3 is 2.35 bits per heavy atom. The summed E-state index contributed by atoms with van der Waals surface area (Å²) < 4.78 is 21.4. The average molecular weight is 423 g/mol. The number of nitrogens with zero attached hydrogens (tertiary/aromatic N) is 2. The Morgan fingerprint density at radius 1 is 1.00 bits per heavy atom. The number of hydrogen-bond donors (Lipinski definition) is 1. The number of nitrogens with one attached hydrogen (secondary N) is 1. The molecule has 0 spiro atoms. The summed E-state index contributed by atoms with van der Waals surface area (Å²) >= 11 is 0. The van der Waals surface area contributed by atoms with Gasteiger partial charge in [0, 0.05) is 25.3 Å². The van der Waals surface area contributed by atoms with Crippen molar-refractivity contribution in [2.75, 3.05) is 35.0 Å². The van der Waals surface area contributed by atoms with Gasteiger partial charge in [0.1, 0.15) is 17.2 Å². The second-order valence-corrected chi connectivity index (χ2v) is 7.13. The summed E-state index contributed by atoms with van der Waals surface area (Å²) in [6.45, 7) is 0.266. The van der Waals surface area contributed by atoms with E-state index in [0.29, 0.717) is 11.4 Å². The number of aromatic amines is 1. The summed E-state index contributed by atoms with van der Waals surface area (Å²) in [7, 11) is 6.35. The highest BCUT2D eigenvalue weighted by Crippen LogP contribution is 2.43. The number of fused-ring (bicyclic) bond motifs is 1. The molecule has 0 aliphatic carbocycles. The maximum atomic E-state index is 13.3. The molecule has 8 heteroatoms. The first-order valence-corrected chi connectivity index (χ1v) is 9.84. The normalized spacial score (nSPS) is 15.5. The van der Waals surface area contributed by atoms with E-state index in [1.807, 2.05) is 48.5 Å². The molecule has 0 radical (unpaired) electrons. The number of ether oxygens (including phenoxy) is 4. The first kappa shape index (κ1) is 20.9. The lowest BCUT2D eigenvalue weighted by atomic mass is 9.96. The predicted octanol–water partition coefficient (Wildman–Crippen LogP) is 3.26. The second-order valence-electron chi connectivity index (χ2n) is 7.13. The highest BCUT2D eigenvalue weighted by molar-refractivity contribution is 6.00. The van der Waals surface area contributed by atoms with Gasteiger partial charge < -0.3 is 23.8 Å². The molecule has 1 aliphatic heterocycles. The molecular weight excluding hydrogens is 398 g/mol. The zero-order chi connectivity index (χ0) is 22.0. The number of carbonyl (C=O) groups is 1. The summed E-state index contributed by atoms with van der Waals surface area (Å²) in [4.78, 5) is 15.1. The van der Waals surface area contributed by atoms with Crippen LogP contribution >= 0.6 is 0 Å². The fourth-order valence-corrected chi connectivity index (χ4v) is 3.91. The fourth-order valence-electron chi connectivity index (χ4n) is 3.91. The molecule has 0 saturated carbocycles. The van der Waals surface area contributed by atoms with Gasteiger partial charge >= 0.3 is 0 Å². The molecule has 3 aromatic rings. The Balaban J connectivity index is 1.84. The van der Waals surface area contributed by atoms with Crippen molar-refractivity contribution in [1.82, 2.24) is 15.1 Å². The van der Waals surface area contributed by atoms with Gasteiger partial charge in [-0.2, -0.15) is 5.10 Å². The Kier molecular flexibility index (Phi) is 5.92. The number of methoxy groups -OCH3 is 4. The third-order valence-electron chi connectivity index (χ3n) is 5.51. The molecule has 1 atom stereocenters. The van der Waals surface area contributed by atoms with Gasteiger partial charge in [-0.1, -0.05) is 24.3 Å². The van der Waals surface area contributed by atoms with Crippen molar-refractivity contribution in [3.63, 3.8) is 0 Å². The third-order valence-corrected chi connectivity index (χ3v) is 5.51. The van der Waals surface area contributed by atoms with Crippen LogP contribution in [0.25, 0.3) is 11.3 Å². The molecule has 0 bridgehead atoms. The minimum absolute atomic E-state index is 0.156. The zero-order valence-electron chi connectivity index (χ0n) is 17.9. The maximum absolute atomic E-state index is 13.3. The minimum Gasteiger partial charge on any atom is -0.497 e. The molecule has 8 nitrogen and oxygen atoms in total. The molecule has 2 heterocycles. The van der Waals surface area contributed by atoms with Crippen LogP contribution in [0.4, 0.5) is 0 Å². The van der Waals surface area contributed by atoms with Crippen LogP contribution in [0.3, 0.4) is 0 Å². The van der Waals surface area contributed by atoms with E-state index in [-0.39, 0.29) is 18.5 Å². The van der Waals surface area contributed by atoms with E-state index in [0.717, 1.165) is 28.2 Å². The predicted molar refractivity (Wildman–Crippen MR) is 114 cm³/mol. The molecule has 1 N–H and O–H groups in total. The topological polar surface area (TPSA) is 85.9 Å². The van der Waals surface area contributed by atoms with Crippen molar-refractivity contribution in [3.05, 3.63) is 65.4 Å². The van der Waals surface area contributed by atoms with Crippen LogP contribution < -0.4 is 9.47 Å². The number of H-pyrrole nitrogens is 1. The van der Waals surface area contributed by atoms with Crippen LogP contribution in [0.2, 0.25) is 0 Å². The van der Waals surface area contributed by atoms with Crippen molar-refractivity contribution < 1.29 is 23.7 Å². The largest absolute Gasteiger partial charge is 0.497 e. The third kappa shape index (κ3) is 3.75. The van der Waals surface area contributed by atoms with Gasteiger partial charge in [-0.15, -0.1) is 0 Å². The lowest BCUT2D eigenvalue weighted by Crippen LogP contribution is -2.38. The van der Waals surface area contributed by atoms with E-state index in [1.54, 1.807) is 33.3 Å². The first-order valence-electron chi connectivity index (χ1n) is 9.84. The van der Waals surface area contributed by atoms with Crippen LogP contribution in [0.1, 0.15) is 27.7 Å². The van der Waals surface area contributed by atoms with Crippen LogP contribution in [0.15, 0.2) is 48.5 Å². The van der Waals surface area contributed by atoms with Gasteiger partial charge in [0.25, 0.3) is 5.91 Å². The van der Waals surface area contributed by atoms with Crippen molar-refractivity contribution in [3.8, 4) is 22.8 Å². The lowest BCUT2D eigenvalue weighted by Gasteiger charge is -2.29. The van der Waals surface area contributed by atoms with Crippen molar-refractivity contribution in [1.29, 1.82) is 0 Å². The first-order chi connectivity index (χ1) is 15.1. The summed E-state index contributed by atoms with van der Waals surface area (Å²) in [5.41, 5.74) is 3.78. The van der Waals surface area contributed by atoms with Gasteiger partial charge in [-0.25, -0.2) is 0 Å². The van der Waals surface area contributed by atoms with E-state index in [1.165, 1.54) is 0 Å². The summed E-state index contributed by atoms with van der Waals surface area (Å²) in [5, 5.41) is 7.43. The van der Waals surface area contributed by atoms with Crippen LogP contribution in [0.5, 0.6) is 11.5 Å². The van der Waals surface area contributed by atoms with Gasteiger partial charge in [-0.05, 0) is 29.8 Å². The Bertz CT molecular complexity index is 1060. The molecule has 1 unspecified atom stereocenters. The average Bonchev–Trinajstić information content (AvgIpc) is 3.36. The molecule has 1 aromatic heterocycles. The van der Waals surface area contributed by atoms with Crippen LogP contribution in [-0.4, -0.2) is 62.3 Å². The molecule has 1 amide bonds. The fraction of sp³-hybridized carbons (Fsp3) is 0.304. The smallest absolute Gasteiger partial charge is 0.273 e. The van der Waals surface area contributed by atoms with Gasteiger partial charge in [0.15, 0.2) is 6.29 Å². The Labute approximate surface area is 180 Å². The minimum atomic E-state index is -0.554. The van der Waals surface area contributed by atoms with Gasteiger partial charge in [0.05, 0.1) is 32.5 Å². The summed E-state index contributed by atoms with van der Waals surface area (Å²) in [6.07, 6.45) is -0.554. The summed E-state index contributed by atoms with van der Waals surface area (Å²) in [5.74, 6) is 1.30. The van der Waals surface area contributed by atoms with E-state index in [4.69, 9.17) is 18.9 Å². The number of hydrogen-bond acceptors (Lipinski definition) is 6. The SMILES string of the molecule is COc1ccc(C2c3c(-c4cccc(OC)c4)n[nH]c3C(=O)N2CC(OC)OC)cc1. The number of amides is 1. The number of aromatic nitrogens is 2. The monoisotopic (exact) mass is 423 g/mol. The number of carbonyl (C=O) groups excluding carboxylic acids is 1. The quantitative estimate of drug-likeness (QED) is 0.560. The molecule has 31 heavy (non-hydrogen) atoms. The highest BCUT2D eigenvalue weighted by atomic mass is 16.7. The number of rotatable bonds is 8. The second kappa shape index (κ2) is 8.79. The lowest BCUT2D eigenvalue weighted by molar-refractivity contribution is -0.113. The van der Waals surface area contributed by atoms with E-state index < -0.39 is 6.29 Å². The molecular formula is C23H25N3O5. The molecule has 162 valence electrons. The molecule has 1 aliphatic rings. The van der Waals surface area contributed by atoms with E-state index >= 15 is 0 Å². The van der Waals surface area contributed by atoms with Gasteiger partial charge in [0.2, 0.25) is 0 Å². The molecule has 2 aromatic carbocycles. The highest BCUT2D eigenvalue weighted by Gasteiger charge is 2.43. The Morgan fingerprint density at radius 2 is 1.71 bits per heavy atom. The van der Waals surface area contributed by atoms with Crippen molar-refractivity contribution in [2.45, 2.75) is 12.3 Å². The molecule has 0 fully saturated rings. The van der Waals surface area contributed by atoms with Crippen LogP contribution in [-0.2, 0) is 9.47 Å². The Hall–Kier alpha value is -3.36. The van der Waals surface area contributed by atoms with E-state index in [9.17, 15) is 4.79 Å². The number of benzene rings is 2. The molecule has 4 rings (SSSR count). The zero-order valence-corrected chi connectivity index (χ0v) is 17.9. The molecule has 0 saturated heterocycles. The maximum Gasteiger partial charge on any atom is 0.273 e. The van der Waals surface area contributed by atoms with Crippen molar-refractivity contribution >= 4 is 5.91 Å². The van der Waals surface area contributed by atoms with Crippen LogP contribution in [0, 0.1) is 0 Å².